The van der Waals surface area contributed by atoms with Crippen LogP contribution in [0.25, 0.3) is 0 Å². The van der Waals surface area contributed by atoms with Gasteiger partial charge in [0.15, 0.2) is 5.82 Å². The van der Waals surface area contributed by atoms with E-state index in [1.165, 1.54) is 12.1 Å². The summed E-state index contributed by atoms with van der Waals surface area (Å²) >= 11 is 2.37. The molecule has 2 amide bonds. The molecule has 1 N–H and O–H groups in total. The molecule has 1 aliphatic carbocycles. The van der Waals surface area contributed by atoms with Gasteiger partial charge in [-0.2, -0.15) is 44.8 Å². The Hall–Kier alpha value is -4.27. The number of nitrogens with zero attached hydrogens (tertiary/aromatic N) is 3. The van der Waals surface area contributed by atoms with Crippen molar-refractivity contribution in [2.45, 2.75) is 37.0 Å². The SMILES string of the molecule is N#Cc1ccc(C(=O)N(CC2CC2)c2cccc(C(=O)Nc3c(Br)cc(C(F)(C(F)(F)F)C(F)(F)F)cc3C(F)(F)F)c2F)cn1. The van der Waals surface area contributed by atoms with Crippen molar-refractivity contribution < 1.29 is 57.9 Å². The van der Waals surface area contributed by atoms with Gasteiger partial charge in [-0.15, -0.1) is 0 Å². The summed E-state index contributed by atoms with van der Waals surface area (Å²) in [7, 11) is 0. The fourth-order valence-corrected chi connectivity index (χ4v) is 4.88. The Balaban J connectivity index is 1.76. The van der Waals surface area contributed by atoms with Crippen molar-refractivity contribution in [2.24, 2.45) is 5.92 Å². The van der Waals surface area contributed by atoms with Gasteiger partial charge in [-0.1, -0.05) is 6.07 Å². The third-order valence-electron chi connectivity index (χ3n) is 6.83. The van der Waals surface area contributed by atoms with Crippen molar-refractivity contribution in [3.8, 4) is 6.07 Å². The minimum absolute atomic E-state index is 0.0263. The second-order valence-corrected chi connectivity index (χ2v) is 10.9. The van der Waals surface area contributed by atoms with Crippen LogP contribution in [0.1, 0.15) is 50.4 Å². The molecule has 6 nitrogen and oxygen atoms in total. The van der Waals surface area contributed by atoms with Crippen molar-refractivity contribution in [3.05, 3.63) is 86.9 Å². The van der Waals surface area contributed by atoms with Crippen molar-refractivity contribution in [1.29, 1.82) is 5.26 Å². The molecule has 18 heteroatoms. The van der Waals surface area contributed by atoms with Gasteiger partial charge in [-0.3, -0.25) is 9.59 Å². The number of pyridine rings is 1. The second kappa shape index (κ2) is 12.2. The fraction of sp³-hybridized carbons (Fsp3) is 0.286. The standard InChI is InChI=1S/C28H16BrF11N4O2/c29-19-9-15(25(31,27(35,36)37)28(38,39)40)8-18(26(32,33)34)22(19)43-23(45)17-2-1-3-20(21(17)30)44(12-13-4-5-13)24(46)14-6-7-16(10-41)42-11-14/h1-3,6-9,11,13H,4-5,12H2,(H,43,45). The maximum absolute atomic E-state index is 15.8. The maximum Gasteiger partial charge on any atom is 0.435 e. The van der Waals surface area contributed by atoms with Gasteiger partial charge in [0.1, 0.15) is 11.8 Å². The van der Waals surface area contributed by atoms with Crippen LogP contribution in [0.2, 0.25) is 0 Å². The fourth-order valence-electron chi connectivity index (χ4n) is 4.32. The zero-order valence-corrected chi connectivity index (χ0v) is 24.1. The Morgan fingerprint density at radius 3 is 2.11 bits per heavy atom. The van der Waals surface area contributed by atoms with Gasteiger partial charge < -0.3 is 10.2 Å². The lowest BCUT2D eigenvalue weighted by Gasteiger charge is -2.31. The first-order valence-corrected chi connectivity index (χ1v) is 13.5. The number of hydrogen-bond donors (Lipinski definition) is 1. The van der Waals surface area contributed by atoms with Gasteiger partial charge in [0.2, 0.25) is 0 Å². The first-order chi connectivity index (χ1) is 21.2. The number of rotatable bonds is 7. The van der Waals surface area contributed by atoms with Gasteiger partial charge in [-0.05, 0) is 71.1 Å². The summed E-state index contributed by atoms with van der Waals surface area (Å²) in [6.45, 7) is -0.0462. The lowest BCUT2D eigenvalue weighted by atomic mass is 9.92. The largest absolute Gasteiger partial charge is 0.435 e. The van der Waals surface area contributed by atoms with Crippen LogP contribution in [0.5, 0.6) is 0 Å². The normalized spacial score (nSPS) is 14.1. The summed E-state index contributed by atoms with van der Waals surface area (Å²) in [5.74, 6) is -3.92. The van der Waals surface area contributed by atoms with E-state index in [2.05, 4.69) is 20.9 Å². The number of carbonyl (C=O) groups excluding carboxylic acids is 2. The molecule has 0 aliphatic heterocycles. The van der Waals surface area contributed by atoms with Gasteiger partial charge in [0, 0.05) is 22.8 Å². The minimum atomic E-state index is -6.74. The molecule has 1 aliphatic rings. The molecule has 0 unspecified atom stereocenters. The first-order valence-electron chi connectivity index (χ1n) is 12.7. The first kappa shape index (κ1) is 34.6. The van der Waals surface area contributed by atoms with Crippen LogP contribution in [0.4, 0.5) is 59.7 Å². The van der Waals surface area contributed by atoms with E-state index in [9.17, 15) is 53.5 Å². The van der Waals surface area contributed by atoms with Gasteiger partial charge in [0.05, 0.1) is 28.1 Å². The highest BCUT2D eigenvalue weighted by molar-refractivity contribution is 9.10. The molecule has 0 atom stereocenters. The Labute approximate surface area is 259 Å². The summed E-state index contributed by atoms with van der Waals surface area (Å²) in [6.07, 6.45) is -16.8. The molecule has 244 valence electrons. The van der Waals surface area contributed by atoms with Gasteiger partial charge in [-0.25, -0.2) is 13.8 Å². The molecular weight excluding hydrogens is 713 g/mol. The van der Waals surface area contributed by atoms with Crippen LogP contribution in [0, 0.1) is 23.1 Å². The highest BCUT2D eigenvalue weighted by Crippen LogP contribution is 2.55. The number of amides is 2. The molecule has 0 spiro atoms. The number of hydrogen-bond acceptors (Lipinski definition) is 4. The summed E-state index contributed by atoms with van der Waals surface area (Å²) in [4.78, 5) is 31.1. The molecule has 1 fully saturated rings. The van der Waals surface area contributed by atoms with E-state index in [0.717, 1.165) is 29.3 Å². The van der Waals surface area contributed by atoms with Crippen LogP contribution in [0.15, 0.2) is 53.1 Å². The molecule has 4 rings (SSSR count). The smallest absolute Gasteiger partial charge is 0.320 e. The van der Waals surface area contributed by atoms with Gasteiger partial charge >= 0.3 is 24.2 Å². The Kier molecular flexibility index (Phi) is 9.14. The molecule has 0 saturated heterocycles. The van der Waals surface area contributed by atoms with Crippen LogP contribution in [-0.4, -0.2) is 35.7 Å². The zero-order valence-electron chi connectivity index (χ0n) is 22.5. The topological polar surface area (TPSA) is 86.1 Å². The van der Waals surface area contributed by atoms with Gasteiger partial charge in [0.25, 0.3) is 11.8 Å². The summed E-state index contributed by atoms with van der Waals surface area (Å²) in [5.41, 5.74) is -14.0. The van der Waals surface area contributed by atoms with E-state index in [0.29, 0.717) is 12.8 Å². The molecule has 0 bridgehead atoms. The zero-order chi connectivity index (χ0) is 34.4. The van der Waals surface area contributed by atoms with Crippen molar-refractivity contribution >= 4 is 39.1 Å². The van der Waals surface area contributed by atoms with E-state index < -0.39 is 80.4 Å². The molecule has 2 aromatic carbocycles. The number of anilines is 2. The lowest BCUT2D eigenvalue weighted by molar-refractivity contribution is -0.348. The van der Waals surface area contributed by atoms with E-state index in [1.54, 1.807) is 11.4 Å². The van der Waals surface area contributed by atoms with E-state index >= 15 is 4.39 Å². The molecule has 1 aromatic heterocycles. The maximum atomic E-state index is 15.8. The average Bonchev–Trinajstić information content (AvgIpc) is 3.79. The summed E-state index contributed by atoms with van der Waals surface area (Å²) in [6, 6.07) is 6.19. The molecule has 3 aromatic rings. The average molecular weight is 729 g/mol. The third-order valence-corrected chi connectivity index (χ3v) is 7.46. The quantitative estimate of drug-likeness (QED) is 0.248. The molecule has 1 heterocycles. The number of nitriles is 1. The minimum Gasteiger partial charge on any atom is -0.320 e. The summed E-state index contributed by atoms with van der Waals surface area (Å²) < 4.78 is 151. The predicted molar refractivity (Wildman–Crippen MR) is 142 cm³/mol. The van der Waals surface area contributed by atoms with Crippen LogP contribution in [-0.2, 0) is 11.8 Å². The molecular formula is C28H16BrF11N4O2. The molecule has 46 heavy (non-hydrogen) atoms. The number of halogens is 12. The second-order valence-electron chi connectivity index (χ2n) is 10.0. The third kappa shape index (κ3) is 6.64. The number of carbonyl (C=O) groups is 2. The monoisotopic (exact) mass is 728 g/mol. The highest BCUT2D eigenvalue weighted by atomic mass is 79.9. The Morgan fingerprint density at radius 2 is 1.61 bits per heavy atom. The van der Waals surface area contributed by atoms with E-state index in [4.69, 9.17) is 5.26 Å². The molecule has 1 saturated carbocycles. The van der Waals surface area contributed by atoms with Crippen LogP contribution >= 0.6 is 15.9 Å². The lowest BCUT2D eigenvalue weighted by Crippen LogP contribution is -2.50. The van der Waals surface area contributed by atoms with E-state index in [-0.39, 0.29) is 29.8 Å². The highest BCUT2D eigenvalue weighted by Gasteiger charge is 2.73. The molecule has 0 radical (unpaired) electrons. The van der Waals surface area contributed by atoms with E-state index in [1.807, 2.05) is 0 Å². The summed E-state index contributed by atoms with van der Waals surface area (Å²) in [5, 5.41) is 10.5. The Bertz CT molecular complexity index is 1700. The number of nitrogens with one attached hydrogen (secondary N) is 1. The number of alkyl halides is 10. The predicted octanol–water partition coefficient (Wildman–Crippen LogP) is 8.47. The van der Waals surface area contributed by atoms with Crippen molar-refractivity contribution in [2.75, 3.05) is 16.8 Å². The van der Waals surface area contributed by atoms with Crippen LogP contribution in [0.3, 0.4) is 0 Å². The number of benzene rings is 2. The van der Waals surface area contributed by atoms with Crippen LogP contribution < -0.4 is 10.2 Å². The Morgan fingerprint density at radius 1 is 0.978 bits per heavy atom. The van der Waals surface area contributed by atoms with Crippen molar-refractivity contribution in [3.63, 3.8) is 0 Å². The number of aromatic nitrogens is 1. The van der Waals surface area contributed by atoms with Crippen molar-refractivity contribution in [1.82, 2.24) is 4.98 Å².